The Morgan fingerprint density at radius 2 is 1.47 bits per heavy atom. The van der Waals surface area contributed by atoms with Gasteiger partial charge in [0.25, 0.3) is 10.0 Å². The van der Waals surface area contributed by atoms with Crippen LogP contribution in [-0.4, -0.2) is 113 Å². The number of ether oxygens (including phenoxy) is 1. The minimum Gasteiger partial charge on any atom is -0.381 e. The third kappa shape index (κ3) is 14.6. The average Bonchev–Trinajstić information content (AvgIpc) is 3.70. The maximum Gasteiger partial charge on any atom is 0.471 e. The summed E-state index contributed by atoms with van der Waals surface area (Å²) in [4.78, 5) is 26.0. The summed E-state index contributed by atoms with van der Waals surface area (Å²) < 4.78 is 96.1. The Bertz CT molecular complexity index is 3200. The van der Waals surface area contributed by atoms with Crippen molar-refractivity contribution in [1.29, 1.82) is 0 Å². The fourth-order valence-corrected chi connectivity index (χ4v) is 13.6. The van der Waals surface area contributed by atoms with Gasteiger partial charge in [0, 0.05) is 114 Å². The number of likely N-dealkylation sites (tertiary alicyclic amines) is 1. The van der Waals surface area contributed by atoms with Crippen molar-refractivity contribution < 1.29 is 44.8 Å². The van der Waals surface area contributed by atoms with Gasteiger partial charge in [0.05, 0.1) is 21.6 Å². The van der Waals surface area contributed by atoms with E-state index in [-0.39, 0.29) is 28.0 Å². The molecule has 402 valence electrons. The zero-order chi connectivity index (χ0) is 53.7. The fourth-order valence-electron chi connectivity index (χ4n) is 9.95. The Hall–Kier alpha value is -4.92. The van der Waals surface area contributed by atoms with E-state index in [1.165, 1.54) is 18.4 Å². The van der Waals surface area contributed by atoms with E-state index in [4.69, 9.17) is 26.1 Å². The second-order valence-electron chi connectivity index (χ2n) is 19.4. The number of aryl methyl sites for hydroxylation is 1. The van der Waals surface area contributed by atoms with Crippen LogP contribution < -0.4 is 19.8 Å². The molecule has 1 atom stereocenters. The molecule has 6 aromatic rings. The predicted octanol–water partition coefficient (Wildman–Crippen LogP) is 10.9. The summed E-state index contributed by atoms with van der Waals surface area (Å²) in [5.41, 5.74) is 6.52. The van der Waals surface area contributed by atoms with E-state index in [0.717, 1.165) is 72.0 Å². The Morgan fingerprint density at radius 3 is 2.08 bits per heavy atom. The molecule has 4 N–H and O–H groups in total. The standard InChI is InChI=1S/C54H65ClFN6O9PS3/c1-37(2)62-39(4)54(74(5,66)67)52(53(62)40-11-13-42(55)14-12-40)41-32-43(56)34-47(33-41)61-29-27-60(28-30-61)46-17-15-44(16-18-46)58-75(68,69)50-19-20-51(38(3)31-50)57-45(35-73-49-9-7-6-8-10-49)21-24-59-25-22-48(23-26-59)70-36-71-72(63,64)65/h6-20,31-34,37,45,48,57-58H,21-30,35-36H2,1-5H3,(H2,63,64,65)/t45-/m1/s1. The van der Waals surface area contributed by atoms with E-state index in [0.29, 0.717) is 65.1 Å². The van der Waals surface area contributed by atoms with Crippen LogP contribution in [0.1, 0.15) is 50.4 Å². The van der Waals surface area contributed by atoms with Gasteiger partial charge in [0.1, 0.15) is 5.82 Å². The van der Waals surface area contributed by atoms with Crippen molar-refractivity contribution in [3.05, 3.63) is 137 Å². The van der Waals surface area contributed by atoms with Crippen molar-refractivity contribution in [3.8, 4) is 22.4 Å². The average molecular weight is 1120 g/mol. The van der Waals surface area contributed by atoms with Gasteiger partial charge in [-0.05, 0) is 149 Å². The molecular weight excluding hydrogens is 1060 g/mol. The number of sulfonamides is 1. The van der Waals surface area contributed by atoms with E-state index in [1.807, 2.05) is 79.9 Å². The molecule has 21 heteroatoms. The van der Waals surface area contributed by atoms with Crippen molar-refractivity contribution in [3.63, 3.8) is 0 Å². The molecule has 2 aliphatic heterocycles. The Balaban J connectivity index is 0.897. The number of phosphoric ester groups is 1. The van der Waals surface area contributed by atoms with Gasteiger partial charge in [-0.25, -0.2) is 25.8 Å². The number of anilines is 4. The molecule has 8 rings (SSSR count). The largest absolute Gasteiger partial charge is 0.471 e. The van der Waals surface area contributed by atoms with Gasteiger partial charge in [-0.1, -0.05) is 41.9 Å². The summed E-state index contributed by atoms with van der Waals surface area (Å²) in [5.74, 6) is 0.299. The summed E-state index contributed by atoms with van der Waals surface area (Å²) in [5, 5.41) is 4.24. The summed E-state index contributed by atoms with van der Waals surface area (Å²) in [7, 11) is -12.3. The van der Waals surface area contributed by atoms with Crippen molar-refractivity contribution >= 4 is 73.8 Å². The minimum absolute atomic E-state index is 0.0563. The first-order valence-electron chi connectivity index (χ1n) is 24.9. The zero-order valence-electron chi connectivity index (χ0n) is 42.7. The summed E-state index contributed by atoms with van der Waals surface area (Å²) in [6.07, 6.45) is 3.31. The van der Waals surface area contributed by atoms with E-state index in [2.05, 4.69) is 41.4 Å². The third-order valence-corrected chi connectivity index (χ3v) is 18.1. The molecular formula is C54H65ClFN6O9PS3. The molecule has 2 aliphatic rings. The monoisotopic (exact) mass is 1120 g/mol. The van der Waals surface area contributed by atoms with E-state index < -0.39 is 40.3 Å². The van der Waals surface area contributed by atoms with Crippen LogP contribution in [-0.2, 0) is 33.7 Å². The van der Waals surface area contributed by atoms with E-state index in [9.17, 15) is 21.4 Å². The zero-order valence-corrected chi connectivity index (χ0v) is 46.8. The lowest BCUT2D eigenvalue weighted by atomic mass is 9.99. The van der Waals surface area contributed by atoms with Gasteiger partial charge in [-0.2, -0.15) is 0 Å². The molecule has 0 saturated carbocycles. The van der Waals surface area contributed by atoms with Gasteiger partial charge in [0.15, 0.2) is 16.6 Å². The highest BCUT2D eigenvalue weighted by molar-refractivity contribution is 7.99. The summed E-state index contributed by atoms with van der Waals surface area (Å²) >= 11 is 8.02. The molecule has 0 spiro atoms. The second-order valence-corrected chi connectivity index (χ2v) is 25.8. The Kier molecular flexibility index (Phi) is 18.1. The molecule has 75 heavy (non-hydrogen) atoms. The minimum atomic E-state index is -4.59. The number of thioether (sulfide) groups is 1. The number of hydrogen-bond acceptors (Lipinski definition) is 12. The van der Waals surface area contributed by atoms with Crippen molar-refractivity contribution in [1.82, 2.24) is 9.47 Å². The first-order valence-corrected chi connectivity index (χ1v) is 31.1. The Labute approximate surface area is 449 Å². The van der Waals surface area contributed by atoms with Crippen LogP contribution in [0.4, 0.5) is 27.1 Å². The number of halogens is 2. The number of piperazine rings is 1. The third-order valence-electron chi connectivity index (χ3n) is 13.6. The molecule has 0 amide bonds. The molecule has 2 saturated heterocycles. The van der Waals surface area contributed by atoms with Gasteiger partial charge in [0.2, 0.25) is 0 Å². The lowest BCUT2D eigenvalue weighted by Gasteiger charge is -2.37. The maximum absolute atomic E-state index is 15.8. The summed E-state index contributed by atoms with van der Waals surface area (Å²) in [6, 6.07) is 34.5. The van der Waals surface area contributed by atoms with Crippen LogP contribution in [0, 0.1) is 19.7 Å². The number of hydrogen-bond donors (Lipinski definition) is 4. The molecule has 3 heterocycles. The van der Waals surface area contributed by atoms with Crippen LogP contribution >= 0.6 is 31.2 Å². The number of rotatable bonds is 21. The topological polar surface area (TPSA) is 183 Å². The number of nitrogens with one attached hydrogen (secondary N) is 2. The van der Waals surface area contributed by atoms with Crippen molar-refractivity contribution in [2.45, 2.75) is 79.8 Å². The number of aromatic nitrogens is 1. The molecule has 1 aromatic heterocycles. The number of piperidine rings is 1. The SMILES string of the molecule is Cc1cc(S(=O)(=O)Nc2ccc(N3CCN(c4cc(F)cc(-c5c(S(C)(=O)=O)c(C)n(C(C)C)c5-c5ccc(Cl)cc5)c4)CC3)cc2)ccc1N[C@H](CCN1CCC(OCOP(=O)(O)O)CC1)CSc1ccccc1. The normalized spacial score (nSPS) is 15.7. The van der Waals surface area contributed by atoms with Crippen molar-refractivity contribution in [2.24, 2.45) is 0 Å². The highest BCUT2D eigenvalue weighted by Gasteiger charge is 2.31. The van der Waals surface area contributed by atoms with E-state index in [1.54, 1.807) is 55.1 Å². The van der Waals surface area contributed by atoms with Crippen LogP contribution in [0.5, 0.6) is 0 Å². The molecule has 2 fully saturated rings. The highest BCUT2D eigenvalue weighted by atomic mass is 35.5. The summed E-state index contributed by atoms with van der Waals surface area (Å²) in [6.45, 7) is 11.9. The maximum atomic E-state index is 15.8. The van der Waals surface area contributed by atoms with Gasteiger partial charge in [-0.15, -0.1) is 11.8 Å². The number of nitrogens with zero attached hydrogens (tertiary/aromatic N) is 4. The molecule has 0 unspecified atom stereocenters. The predicted molar refractivity (Wildman–Crippen MR) is 299 cm³/mol. The van der Waals surface area contributed by atoms with Gasteiger partial charge < -0.3 is 39.1 Å². The highest BCUT2D eigenvalue weighted by Crippen LogP contribution is 2.45. The van der Waals surface area contributed by atoms with Gasteiger partial charge in [-0.3, -0.25) is 9.25 Å². The lowest BCUT2D eigenvalue weighted by molar-refractivity contribution is -0.0677. The quantitative estimate of drug-likeness (QED) is 0.0303. The van der Waals surface area contributed by atoms with Crippen molar-refractivity contribution in [2.75, 3.05) is 84.5 Å². The smallest absolute Gasteiger partial charge is 0.381 e. The van der Waals surface area contributed by atoms with Crippen LogP contribution in [0.3, 0.4) is 0 Å². The molecule has 0 aliphatic carbocycles. The number of phosphoric acid groups is 1. The Morgan fingerprint density at radius 1 is 0.813 bits per heavy atom. The van der Waals surface area contributed by atoms with Crippen LogP contribution in [0.25, 0.3) is 22.4 Å². The van der Waals surface area contributed by atoms with Crippen LogP contribution in [0.2, 0.25) is 5.02 Å². The fraction of sp³-hybridized carbons (Fsp3) is 0.370. The van der Waals surface area contributed by atoms with E-state index >= 15 is 4.39 Å². The van der Waals surface area contributed by atoms with Crippen LogP contribution in [0.15, 0.2) is 130 Å². The van der Waals surface area contributed by atoms with Gasteiger partial charge >= 0.3 is 7.82 Å². The lowest BCUT2D eigenvalue weighted by Crippen LogP contribution is -2.46. The number of sulfone groups is 1. The molecule has 0 radical (unpaired) electrons. The molecule has 0 bridgehead atoms. The first-order chi connectivity index (χ1) is 35.6. The molecule has 15 nitrogen and oxygen atoms in total. The number of benzene rings is 5. The first kappa shape index (κ1) is 56.3. The molecule has 5 aromatic carbocycles. The second kappa shape index (κ2) is 24.2.